The zero-order valence-electron chi connectivity index (χ0n) is 13.4. The van der Waals surface area contributed by atoms with Gasteiger partial charge in [0.25, 0.3) is 0 Å². The third-order valence-electron chi connectivity index (χ3n) is 3.08. The summed E-state index contributed by atoms with van der Waals surface area (Å²) in [7, 11) is 0. The highest BCUT2D eigenvalue weighted by molar-refractivity contribution is 6.31. The predicted octanol–water partition coefficient (Wildman–Crippen LogP) is 3.96. The van der Waals surface area contributed by atoms with E-state index in [-0.39, 0.29) is 0 Å². The fourth-order valence-corrected chi connectivity index (χ4v) is 2.27. The van der Waals surface area contributed by atoms with E-state index in [1.54, 1.807) is 6.20 Å². The van der Waals surface area contributed by atoms with Crippen LogP contribution in [0, 0.1) is 11.8 Å². The van der Waals surface area contributed by atoms with Crippen molar-refractivity contribution in [1.29, 1.82) is 0 Å². The van der Waals surface area contributed by atoms with Crippen LogP contribution in [0.1, 0.15) is 40.2 Å². The number of anilines is 1. The predicted molar refractivity (Wildman–Crippen MR) is 88.5 cm³/mol. The lowest BCUT2D eigenvalue weighted by Gasteiger charge is -2.24. The minimum absolute atomic E-state index is 0.620. The normalized spacial score (nSPS) is 11.4. The monoisotopic (exact) mass is 297 g/mol. The van der Waals surface area contributed by atoms with Crippen LogP contribution in [0.2, 0.25) is 5.02 Å². The van der Waals surface area contributed by atoms with Crippen LogP contribution in [0.5, 0.6) is 0 Å². The lowest BCUT2D eigenvalue weighted by Crippen LogP contribution is -2.28. The van der Waals surface area contributed by atoms with Gasteiger partial charge in [-0.2, -0.15) is 0 Å². The van der Waals surface area contributed by atoms with Gasteiger partial charge in [-0.05, 0) is 36.9 Å². The summed E-state index contributed by atoms with van der Waals surface area (Å²) >= 11 is 6.24. The Balaban J connectivity index is 2.78. The molecule has 114 valence electrons. The third kappa shape index (κ3) is 5.68. The number of aromatic nitrogens is 1. The molecule has 1 N–H and O–H groups in total. The van der Waals surface area contributed by atoms with Crippen molar-refractivity contribution in [2.45, 2.75) is 41.2 Å². The Morgan fingerprint density at radius 2 is 1.95 bits per heavy atom. The van der Waals surface area contributed by atoms with Crippen molar-refractivity contribution in [3.63, 3.8) is 0 Å². The number of rotatable bonds is 8. The Hall–Kier alpha value is -0.800. The summed E-state index contributed by atoms with van der Waals surface area (Å²) < 4.78 is 0. The number of hydrogen-bond acceptors (Lipinski definition) is 3. The van der Waals surface area contributed by atoms with Gasteiger partial charge in [-0.3, -0.25) is 0 Å². The Kier molecular flexibility index (Phi) is 7.31. The fourth-order valence-electron chi connectivity index (χ4n) is 2.10. The van der Waals surface area contributed by atoms with E-state index < -0.39 is 0 Å². The van der Waals surface area contributed by atoms with Crippen molar-refractivity contribution in [3.8, 4) is 0 Å². The minimum Gasteiger partial charge on any atom is -0.357 e. The Morgan fingerprint density at radius 1 is 1.25 bits per heavy atom. The van der Waals surface area contributed by atoms with Crippen LogP contribution < -0.4 is 10.2 Å². The zero-order chi connectivity index (χ0) is 15.1. The molecule has 20 heavy (non-hydrogen) atoms. The molecule has 0 radical (unpaired) electrons. The first-order valence-electron chi connectivity index (χ1n) is 7.54. The number of nitrogens with zero attached hydrogens (tertiary/aromatic N) is 2. The molecule has 0 aromatic carbocycles. The topological polar surface area (TPSA) is 28.2 Å². The summed E-state index contributed by atoms with van der Waals surface area (Å²) in [6.07, 6.45) is 1.77. The second-order valence-electron chi connectivity index (χ2n) is 6.09. The number of pyridine rings is 1. The van der Waals surface area contributed by atoms with Gasteiger partial charge >= 0.3 is 0 Å². The van der Waals surface area contributed by atoms with Crippen molar-refractivity contribution in [2.75, 3.05) is 24.5 Å². The number of hydrogen-bond donors (Lipinski definition) is 1. The minimum atomic E-state index is 0.620. The maximum absolute atomic E-state index is 6.24. The Labute approximate surface area is 128 Å². The van der Waals surface area contributed by atoms with Gasteiger partial charge in [0.1, 0.15) is 5.82 Å². The molecule has 0 saturated heterocycles. The first-order chi connectivity index (χ1) is 9.43. The lowest BCUT2D eigenvalue weighted by atomic mass is 10.2. The van der Waals surface area contributed by atoms with Gasteiger partial charge in [0, 0.05) is 25.8 Å². The summed E-state index contributed by atoms with van der Waals surface area (Å²) in [5.41, 5.74) is 1.12. The quantitative estimate of drug-likeness (QED) is 0.787. The van der Waals surface area contributed by atoms with Crippen molar-refractivity contribution in [3.05, 3.63) is 22.8 Å². The molecule has 0 aliphatic rings. The summed E-state index contributed by atoms with van der Waals surface area (Å²) in [5, 5.41) is 4.18. The maximum atomic E-state index is 6.24. The highest BCUT2D eigenvalue weighted by atomic mass is 35.5. The third-order valence-corrected chi connectivity index (χ3v) is 3.42. The van der Waals surface area contributed by atoms with E-state index in [9.17, 15) is 0 Å². The van der Waals surface area contributed by atoms with Gasteiger partial charge in [0.2, 0.25) is 0 Å². The SMILES string of the molecule is CCN(CC(C)C)c1cc(CNCC(C)C)c(Cl)cn1. The molecular weight excluding hydrogens is 270 g/mol. The standard InChI is InChI=1S/C16H28ClN3/c1-6-20(11-13(4)5)16-7-14(15(17)10-19-16)9-18-8-12(2)3/h7,10,12-13,18H,6,8-9,11H2,1-5H3. The maximum Gasteiger partial charge on any atom is 0.128 e. The molecule has 1 rings (SSSR count). The van der Waals surface area contributed by atoms with Gasteiger partial charge in [-0.15, -0.1) is 0 Å². The van der Waals surface area contributed by atoms with E-state index in [1.807, 2.05) is 0 Å². The molecule has 0 amide bonds. The fraction of sp³-hybridized carbons (Fsp3) is 0.688. The van der Waals surface area contributed by atoms with E-state index in [0.717, 1.165) is 42.6 Å². The lowest BCUT2D eigenvalue weighted by molar-refractivity contribution is 0.552. The van der Waals surface area contributed by atoms with Crippen molar-refractivity contribution < 1.29 is 0 Å². The zero-order valence-corrected chi connectivity index (χ0v) is 14.2. The molecular formula is C16H28ClN3. The van der Waals surface area contributed by atoms with E-state index >= 15 is 0 Å². The molecule has 0 saturated carbocycles. The van der Waals surface area contributed by atoms with Crippen LogP contribution >= 0.6 is 11.6 Å². The average Bonchev–Trinajstić information content (AvgIpc) is 2.37. The van der Waals surface area contributed by atoms with Crippen LogP contribution in [-0.4, -0.2) is 24.6 Å². The largest absolute Gasteiger partial charge is 0.357 e. The summed E-state index contributed by atoms with van der Waals surface area (Å²) in [4.78, 5) is 6.77. The highest BCUT2D eigenvalue weighted by Gasteiger charge is 2.10. The molecule has 1 aromatic heterocycles. The molecule has 0 bridgehead atoms. The smallest absolute Gasteiger partial charge is 0.128 e. The molecule has 0 unspecified atom stereocenters. The molecule has 0 atom stereocenters. The van der Waals surface area contributed by atoms with E-state index in [4.69, 9.17) is 11.6 Å². The van der Waals surface area contributed by atoms with Crippen LogP contribution in [-0.2, 0) is 6.54 Å². The van der Waals surface area contributed by atoms with Crippen LogP contribution in [0.25, 0.3) is 0 Å². The van der Waals surface area contributed by atoms with Gasteiger partial charge in [-0.1, -0.05) is 39.3 Å². The first kappa shape index (κ1) is 17.3. The molecule has 0 aliphatic carbocycles. The molecule has 0 aliphatic heterocycles. The molecule has 1 aromatic rings. The highest BCUT2D eigenvalue weighted by Crippen LogP contribution is 2.21. The molecule has 0 fully saturated rings. The van der Waals surface area contributed by atoms with Gasteiger partial charge in [-0.25, -0.2) is 4.98 Å². The molecule has 1 heterocycles. The van der Waals surface area contributed by atoms with Crippen LogP contribution in [0.15, 0.2) is 12.3 Å². The van der Waals surface area contributed by atoms with Gasteiger partial charge in [0.05, 0.1) is 5.02 Å². The summed E-state index contributed by atoms with van der Waals surface area (Å²) in [6.45, 7) is 14.8. The number of nitrogens with one attached hydrogen (secondary N) is 1. The van der Waals surface area contributed by atoms with E-state index in [0.29, 0.717) is 11.8 Å². The second-order valence-corrected chi connectivity index (χ2v) is 6.50. The van der Waals surface area contributed by atoms with Gasteiger partial charge in [0.15, 0.2) is 0 Å². The molecule has 0 spiro atoms. The number of halogens is 1. The summed E-state index contributed by atoms with van der Waals surface area (Å²) in [6, 6.07) is 2.11. The average molecular weight is 298 g/mol. The van der Waals surface area contributed by atoms with Crippen molar-refractivity contribution in [1.82, 2.24) is 10.3 Å². The second kappa shape index (κ2) is 8.48. The van der Waals surface area contributed by atoms with Crippen LogP contribution in [0.3, 0.4) is 0 Å². The summed E-state index contributed by atoms with van der Waals surface area (Å²) in [5.74, 6) is 2.28. The molecule has 3 nitrogen and oxygen atoms in total. The van der Waals surface area contributed by atoms with Crippen molar-refractivity contribution in [2.24, 2.45) is 11.8 Å². The van der Waals surface area contributed by atoms with Crippen LogP contribution in [0.4, 0.5) is 5.82 Å². The van der Waals surface area contributed by atoms with E-state index in [2.05, 4.69) is 55.9 Å². The van der Waals surface area contributed by atoms with Gasteiger partial charge < -0.3 is 10.2 Å². The Bertz CT molecular complexity index is 405. The molecule has 4 heteroatoms. The van der Waals surface area contributed by atoms with Crippen molar-refractivity contribution >= 4 is 17.4 Å². The van der Waals surface area contributed by atoms with E-state index in [1.165, 1.54) is 0 Å². The first-order valence-corrected chi connectivity index (χ1v) is 7.91. The Morgan fingerprint density at radius 3 is 2.50 bits per heavy atom.